The molecule has 1 aromatic carbocycles. The fourth-order valence-corrected chi connectivity index (χ4v) is 4.70. The first-order valence-corrected chi connectivity index (χ1v) is 12.2. The molecule has 0 radical (unpaired) electrons. The van der Waals surface area contributed by atoms with Gasteiger partial charge >= 0.3 is 0 Å². The molecular weight excluding hydrogens is 529 g/mol. The van der Waals surface area contributed by atoms with Gasteiger partial charge in [-0.15, -0.1) is 24.0 Å². The molecule has 1 fully saturated rings. The highest BCUT2D eigenvalue weighted by molar-refractivity contribution is 14.0. The van der Waals surface area contributed by atoms with Crippen LogP contribution < -0.4 is 15.4 Å². The summed E-state index contributed by atoms with van der Waals surface area (Å²) in [7, 11) is -1.67. The number of aryl methyl sites for hydroxylation is 1. The molecule has 8 nitrogen and oxygen atoms in total. The molecule has 0 aliphatic carbocycles. The highest BCUT2D eigenvalue weighted by Crippen LogP contribution is 2.22. The van der Waals surface area contributed by atoms with Crippen molar-refractivity contribution in [3.05, 3.63) is 35.5 Å². The van der Waals surface area contributed by atoms with Crippen LogP contribution in [0.1, 0.15) is 30.4 Å². The monoisotopic (exact) mass is 563 g/mol. The standard InChI is InChI=1S/C21H33N5O3S.HI/c1-16-6-5-8-19-20(16)17(14-25-19)9-10-23-21(22-2)24-11-13-30(27,28)26-15-18-7-3-4-12-29-18;/h5-6,8,14,18,25-26H,3-4,7,9-13,15H2,1-2H3,(H2,22,23,24);1H. The molecule has 1 aromatic heterocycles. The Morgan fingerprint density at radius 2 is 2.06 bits per heavy atom. The van der Waals surface area contributed by atoms with Crippen LogP contribution in [0.4, 0.5) is 0 Å². The Morgan fingerprint density at radius 3 is 2.81 bits per heavy atom. The summed E-state index contributed by atoms with van der Waals surface area (Å²) < 4.78 is 32.6. The van der Waals surface area contributed by atoms with Gasteiger partial charge < -0.3 is 20.4 Å². The van der Waals surface area contributed by atoms with E-state index < -0.39 is 10.0 Å². The van der Waals surface area contributed by atoms with Gasteiger partial charge in [-0.1, -0.05) is 12.1 Å². The maximum absolute atomic E-state index is 12.2. The van der Waals surface area contributed by atoms with Crippen molar-refractivity contribution < 1.29 is 13.2 Å². The SMILES string of the molecule is CN=C(NCCc1c[nH]c2cccc(C)c12)NCCS(=O)(=O)NCC1CCCCO1.I. The molecule has 0 saturated carbocycles. The van der Waals surface area contributed by atoms with E-state index in [4.69, 9.17) is 4.74 Å². The smallest absolute Gasteiger partial charge is 0.213 e. The summed E-state index contributed by atoms with van der Waals surface area (Å²) >= 11 is 0. The number of nitrogens with one attached hydrogen (secondary N) is 4. The van der Waals surface area contributed by atoms with Gasteiger partial charge in [-0.25, -0.2) is 13.1 Å². The van der Waals surface area contributed by atoms with Crippen molar-refractivity contribution in [3.63, 3.8) is 0 Å². The normalized spacial score (nSPS) is 17.4. The lowest BCUT2D eigenvalue weighted by Crippen LogP contribution is -2.43. The van der Waals surface area contributed by atoms with E-state index in [-0.39, 0.29) is 42.4 Å². The van der Waals surface area contributed by atoms with Crippen LogP contribution in [-0.2, 0) is 21.2 Å². The van der Waals surface area contributed by atoms with Crippen LogP contribution in [0.2, 0.25) is 0 Å². The van der Waals surface area contributed by atoms with Gasteiger partial charge in [0.05, 0.1) is 11.9 Å². The maximum Gasteiger partial charge on any atom is 0.213 e. The van der Waals surface area contributed by atoms with E-state index in [1.54, 1.807) is 7.05 Å². The zero-order chi connectivity index (χ0) is 21.4. The molecule has 10 heteroatoms. The Hall–Kier alpha value is -1.37. The molecule has 1 unspecified atom stereocenters. The van der Waals surface area contributed by atoms with Gasteiger partial charge in [-0.05, 0) is 49.8 Å². The molecule has 2 heterocycles. The van der Waals surface area contributed by atoms with Crippen molar-refractivity contribution in [1.29, 1.82) is 0 Å². The molecule has 4 N–H and O–H groups in total. The second-order valence-corrected chi connectivity index (χ2v) is 9.57. The number of H-pyrrole nitrogens is 1. The van der Waals surface area contributed by atoms with Crippen LogP contribution in [0.25, 0.3) is 10.9 Å². The van der Waals surface area contributed by atoms with Crippen molar-refractivity contribution in [1.82, 2.24) is 20.3 Å². The average molecular weight is 564 g/mol. The van der Waals surface area contributed by atoms with E-state index in [0.717, 1.165) is 31.2 Å². The van der Waals surface area contributed by atoms with Gasteiger partial charge in [0.15, 0.2) is 5.96 Å². The molecular formula is C21H34IN5O3S. The third kappa shape index (κ3) is 7.92. The Balaban J connectivity index is 0.00000341. The highest BCUT2D eigenvalue weighted by Gasteiger charge is 2.17. The number of hydrogen-bond donors (Lipinski definition) is 4. The first-order chi connectivity index (χ1) is 14.5. The van der Waals surface area contributed by atoms with E-state index in [1.807, 2.05) is 12.3 Å². The third-order valence-electron chi connectivity index (χ3n) is 5.37. The molecule has 1 aliphatic rings. The quantitative estimate of drug-likeness (QED) is 0.213. The number of nitrogens with zero attached hydrogens (tertiary/aromatic N) is 1. The topological polar surface area (TPSA) is 108 Å². The molecule has 1 aliphatic heterocycles. The number of aromatic amines is 1. The first-order valence-electron chi connectivity index (χ1n) is 10.6. The summed E-state index contributed by atoms with van der Waals surface area (Å²) in [6.07, 6.45) is 5.93. The number of ether oxygens (including phenoxy) is 1. The number of aliphatic imine (C=N–C) groups is 1. The molecule has 2 aromatic rings. The Bertz CT molecular complexity index is 955. The fraction of sp³-hybridized carbons (Fsp3) is 0.571. The van der Waals surface area contributed by atoms with E-state index in [9.17, 15) is 8.42 Å². The number of sulfonamides is 1. The van der Waals surface area contributed by atoms with E-state index in [2.05, 4.69) is 44.4 Å². The second-order valence-electron chi connectivity index (χ2n) is 7.64. The van der Waals surface area contributed by atoms with Crippen molar-refractivity contribution in [2.75, 3.05) is 39.0 Å². The summed E-state index contributed by atoms with van der Waals surface area (Å²) in [5.41, 5.74) is 3.65. The van der Waals surface area contributed by atoms with Crippen LogP contribution in [0.5, 0.6) is 0 Å². The molecule has 3 rings (SSSR count). The predicted molar refractivity (Wildman–Crippen MR) is 137 cm³/mol. The zero-order valence-corrected chi connectivity index (χ0v) is 21.4. The molecule has 1 saturated heterocycles. The number of aromatic nitrogens is 1. The van der Waals surface area contributed by atoms with Crippen LogP contribution in [-0.4, -0.2) is 64.5 Å². The number of benzene rings is 1. The lowest BCUT2D eigenvalue weighted by molar-refractivity contribution is 0.0200. The molecule has 1 atom stereocenters. The van der Waals surface area contributed by atoms with Crippen LogP contribution in [0.3, 0.4) is 0 Å². The third-order valence-corrected chi connectivity index (χ3v) is 6.72. The van der Waals surface area contributed by atoms with Crippen molar-refractivity contribution in [2.45, 2.75) is 38.7 Å². The van der Waals surface area contributed by atoms with E-state index >= 15 is 0 Å². The van der Waals surface area contributed by atoms with Crippen LogP contribution in [0.15, 0.2) is 29.4 Å². The van der Waals surface area contributed by atoms with Crippen LogP contribution in [0, 0.1) is 6.92 Å². The number of guanidine groups is 1. The van der Waals surface area contributed by atoms with Crippen molar-refractivity contribution >= 4 is 50.9 Å². The predicted octanol–water partition coefficient (Wildman–Crippen LogP) is 2.29. The number of halogens is 1. The molecule has 0 amide bonds. The Labute approximate surface area is 202 Å². The van der Waals surface area contributed by atoms with Gasteiger partial charge in [-0.2, -0.15) is 0 Å². The molecule has 174 valence electrons. The zero-order valence-electron chi connectivity index (χ0n) is 18.2. The minimum atomic E-state index is -3.35. The summed E-state index contributed by atoms with van der Waals surface area (Å²) in [6.45, 7) is 4.16. The summed E-state index contributed by atoms with van der Waals surface area (Å²) in [6, 6.07) is 6.24. The average Bonchev–Trinajstić information content (AvgIpc) is 3.16. The van der Waals surface area contributed by atoms with Crippen molar-refractivity contribution in [2.24, 2.45) is 4.99 Å². The van der Waals surface area contributed by atoms with E-state index in [0.29, 0.717) is 25.7 Å². The largest absolute Gasteiger partial charge is 0.377 e. The van der Waals surface area contributed by atoms with Gasteiger partial charge in [-0.3, -0.25) is 4.99 Å². The lowest BCUT2D eigenvalue weighted by Gasteiger charge is -2.22. The minimum absolute atomic E-state index is 0. The second kappa shape index (κ2) is 12.6. The highest BCUT2D eigenvalue weighted by atomic mass is 127. The lowest BCUT2D eigenvalue weighted by atomic mass is 10.1. The molecule has 0 bridgehead atoms. The number of fused-ring (bicyclic) bond motifs is 1. The fourth-order valence-electron chi connectivity index (χ4n) is 3.75. The first kappa shape index (κ1) is 25.9. The summed E-state index contributed by atoms with van der Waals surface area (Å²) in [5.74, 6) is 0.583. The maximum atomic E-state index is 12.2. The minimum Gasteiger partial charge on any atom is -0.377 e. The molecule has 0 spiro atoms. The summed E-state index contributed by atoms with van der Waals surface area (Å²) in [4.78, 5) is 7.49. The number of hydrogen-bond acceptors (Lipinski definition) is 4. The van der Waals surface area contributed by atoms with Gasteiger partial charge in [0.2, 0.25) is 10.0 Å². The summed E-state index contributed by atoms with van der Waals surface area (Å²) in [5, 5.41) is 7.59. The molecule has 31 heavy (non-hydrogen) atoms. The van der Waals surface area contributed by atoms with Crippen LogP contribution >= 0.6 is 24.0 Å². The van der Waals surface area contributed by atoms with Gasteiger partial charge in [0, 0.05) is 50.4 Å². The van der Waals surface area contributed by atoms with Gasteiger partial charge in [0.1, 0.15) is 0 Å². The van der Waals surface area contributed by atoms with E-state index in [1.165, 1.54) is 16.5 Å². The Kier molecular flexibility index (Phi) is 10.5. The Morgan fingerprint density at radius 1 is 1.26 bits per heavy atom. The van der Waals surface area contributed by atoms with Crippen molar-refractivity contribution in [3.8, 4) is 0 Å². The number of rotatable bonds is 9. The van der Waals surface area contributed by atoms with Gasteiger partial charge in [0.25, 0.3) is 0 Å².